The Hall–Kier alpha value is -2.40. The first kappa shape index (κ1) is 16.1. The van der Waals surface area contributed by atoms with E-state index in [0.29, 0.717) is 0 Å². The molecule has 0 radical (unpaired) electrons. The predicted octanol–water partition coefficient (Wildman–Crippen LogP) is 4.24. The smallest absolute Gasteiger partial charge is 0.237 e. The van der Waals surface area contributed by atoms with E-state index >= 15 is 0 Å². The van der Waals surface area contributed by atoms with Gasteiger partial charge in [0, 0.05) is 11.1 Å². The molecule has 5 heteroatoms. The monoisotopic (exact) mass is 349 g/mol. The number of nitrogens with one attached hydrogen (secondary N) is 1. The lowest BCUT2D eigenvalue weighted by atomic mass is 10.1. The number of fused-ring (bicyclic) bond motifs is 2. The Morgan fingerprint density at radius 1 is 1.12 bits per heavy atom. The van der Waals surface area contributed by atoms with Gasteiger partial charge in [0.15, 0.2) is 0 Å². The average Bonchev–Trinajstić information content (AvgIpc) is 3.10. The molecule has 1 heterocycles. The summed E-state index contributed by atoms with van der Waals surface area (Å²) in [6.45, 7) is 1.91. The quantitative estimate of drug-likeness (QED) is 0.565. The number of thioether (sulfide) groups is 1. The number of carbonyl (C=O) groups is 1. The maximum atomic E-state index is 12.6. The van der Waals surface area contributed by atoms with E-state index in [1.54, 1.807) is 6.33 Å². The van der Waals surface area contributed by atoms with Gasteiger partial charge in [-0.2, -0.15) is 0 Å². The van der Waals surface area contributed by atoms with E-state index in [0.717, 1.165) is 34.5 Å². The van der Waals surface area contributed by atoms with Crippen LogP contribution in [-0.4, -0.2) is 21.1 Å². The number of carbonyl (C=O) groups excluding carboxylic acids is 1. The molecule has 2 aromatic carbocycles. The molecular formula is C20H19N3OS. The molecule has 0 bridgehead atoms. The minimum Gasteiger partial charge on any atom is -0.325 e. The number of amides is 1. The molecular weight excluding hydrogens is 330 g/mol. The Kier molecular flexibility index (Phi) is 4.40. The molecule has 3 aromatic rings. The normalized spacial score (nSPS) is 14.3. The fourth-order valence-corrected chi connectivity index (χ4v) is 4.10. The number of rotatable bonds is 4. The summed E-state index contributed by atoms with van der Waals surface area (Å²) in [6.07, 6.45) is 5.02. The topological polar surface area (TPSA) is 54.9 Å². The zero-order chi connectivity index (χ0) is 17.2. The van der Waals surface area contributed by atoms with Crippen LogP contribution in [0.2, 0.25) is 0 Å². The van der Waals surface area contributed by atoms with Crippen LogP contribution in [0.15, 0.2) is 53.8 Å². The van der Waals surface area contributed by atoms with Crippen LogP contribution in [0.1, 0.15) is 24.5 Å². The Balaban J connectivity index is 1.48. The zero-order valence-corrected chi connectivity index (χ0v) is 14.8. The zero-order valence-electron chi connectivity index (χ0n) is 14.0. The minimum absolute atomic E-state index is 0.00867. The number of hydrogen-bond donors (Lipinski definition) is 1. The van der Waals surface area contributed by atoms with Crippen molar-refractivity contribution in [2.75, 3.05) is 5.32 Å². The summed E-state index contributed by atoms with van der Waals surface area (Å²) in [5, 5.41) is 4.61. The number of nitrogens with zero attached hydrogens (tertiary/aromatic N) is 2. The Morgan fingerprint density at radius 3 is 2.88 bits per heavy atom. The molecule has 0 aliphatic heterocycles. The second-order valence-electron chi connectivity index (χ2n) is 6.28. The average molecular weight is 349 g/mol. The number of aromatic nitrogens is 2. The second-order valence-corrected chi connectivity index (χ2v) is 7.61. The Morgan fingerprint density at radius 2 is 1.96 bits per heavy atom. The van der Waals surface area contributed by atoms with Crippen molar-refractivity contribution in [3.63, 3.8) is 0 Å². The van der Waals surface area contributed by atoms with Gasteiger partial charge in [0.2, 0.25) is 5.91 Å². The molecule has 0 saturated carbocycles. The number of benzene rings is 2. The lowest BCUT2D eigenvalue weighted by molar-refractivity contribution is -0.115. The molecule has 1 aliphatic rings. The van der Waals surface area contributed by atoms with Crippen LogP contribution in [0.4, 0.5) is 5.69 Å². The van der Waals surface area contributed by atoms with E-state index in [-0.39, 0.29) is 11.2 Å². The van der Waals surface area contributed by atoms with Crippen molar-refractivity contribution in [2.24, 2.45) is 0 Å². The number of hydrogen-bond acceptors (Lipinski definition) is 4. The van der Waals surface area contributed by atoms with Gasteiger partial charge in [-0.3, -0.25) is 4.79 Å². The Bertz CT molecular complexity index is 936. The first-order chi connectivity index (χ1) is 12.2. The molecule has 1 atom stereocenters. The minimum atomic E-state index is -0.244. The van der Waals surface area contributed by atoms with Crippen LogP contribution in [0.5, 0.6) is 0 Å². The fourth-order valence-electron chi connectivity index (χ4n) is 3.19. The van der Waals surface area contributed by atoms with Crippen LogP contribution in [0.25, 0.3) is 10.9 Å². The van der Waals surface area contributed by atoms with E-state index in [9.17, 15) is 4.79 Å². The second kappa shape index (κ2) is 6.84. The summed E-state index contributed by atoms with van der Waals surface area (Å²) < 4.78 is 0. The van der Waals surface area contributed by atoms with Crippen LogP contribution >= 0.6 is 11.8 Å². The van der Waals surface area contributed by atoms with Crippen molar-refractivity contribution < 1.29 is 4.79 Å². The highest BCUT2D eigenvalue weighted by molar-refractivity contribution is 8.00. The van der Waals surface area contributed by atoms with Crippen molar-refractivity contribution in [1.82, 2.24) is 9.97 Å². The van der Waals surface area contributed by atoms with Gasteiger partial charge in [0.25, 0.3) is 0 Å². The SMILES string of the molecule is C[C@@H](Sc1ncnc2ccccc12)C(=O)Nc1ccc2c(c1)CCC2. The van der Waals surface area contributed by atoms with Crippen LogP contribution in [-0.2, 0) is 17.6 Å². The van der Waals surface area contributed by atoms with Gasteiger partial charge in [-0.25, -0.2) is 9.97 Å². The summed E-state index contributed by atoms with van der Waals surface area (Å²) in [5.41, 5.74) is 4.55. The first-order valence-corrected chi connectivity index (χ1v) is 9.38. The van der Waals surface area contributed by atoms with E-state index in [1.807, 2.05) is 37.3 Å². The summed E-state index contributed by atoms with van der Waals surface area (Å²) in [4.78, 5) is 21.2. The van der Waals surface area contributed by atoms with Crippen molar-refractivity contribution in [3.8, 4) is 0 Å². The summed E-state index contributed by atoms with van der Waals surface area (Å²) in [6, 6.07) is 14.1. The highest BCUT2D eigenvalue weighted by Gasteiger charge is 2.18. The van der Waals surface area contributed by atoms with E-state index in [4.69, 9.17) is 0 Å². The highest BCUT2D eigenvalue weighted by Crippen LogP contribution is 2.29. The standard InChI is InChI=1S/C20H19N3OS/c1-13(25-20-17-7-2-3-8-18(17)21-12-22-20)19(24)23-16-10-9-14-5-4-6-15(14)11-16/h2-3,7-13H,4-6H2,1H3,(H,23,24)/t13-/m1/s1. The van der Waals surface area contributed by atoms with Gasteiger partial charge in [-0.05, 0) is 55.5 Å². The third kappa shape index (κ3) is 3.37. The van der Waals surface area contributed by atoms with Gasteiger partial charge in [0.1, 0.15) is 11.4 Å². The Labute approximate surface area is 151 Å². The molecule has 25 heavy (non-hydrogen) atoms. The van der Waals surface area contributed by atoms with Crippen molar-refractivity contribution in [1.29, 1.82) is 0 Å². The maximum absolute atomic E-state index is 12.6. The largest absolute Gasteiger partial charge is 0.325 e. The molecule has 0 fully saturated rings. The molecule has 1 N–H and O–H groups in total. The van der Waals surface area contributed by atoms with Crippen LogP contribution in [0.3, 0.4) is 0 Å². The molecule has 1 aliphatic carbocycles. The van der Waals surface area contributed by atoms with Crippen molar-refractivity contribution >= 4 is 34.3 Å². The van der Waals surface area contributed by atoms with Crippen molar-refractivity contribution in [3.05, 3.63) is 59.9 Å². The van der Waals surface area contributed by atoms with Gasteiger partial charge in [-0.15, -0.1) is 0 Å². The molecule has 0 spiro atoms. The van der Waals surface area contributed by atoms with E-state index in [2.05, 4.69) is 27.4 Å². The molecule has 1 amide bonds. The predicted molar refractivity (Wildman–Crippen MR) is 102 cm³/mol. The molecule has 0 saturated heterocycles. The van der Waals surface area contributed by atoms with Crippen LogP contribution < -0.4 is 5.32 Å². The number of para-hydroxylation sites is 1. The third-order valence-electron chi connectivity index (χ3n) is 4.53. The highest BCUT2D eigenvalue weighted by atomic mass is 32.2. The van der Waals surface area contributed by atoms with Crippen LogP contribution in [0, 0.1) is 0 Å². The molecule has 1 aromatic heterocycles. The summed E-state index contributed by atoms with van der Waals surface area (Å²) in [5.74, 6) is -0.00867. The van der Waals surface area contributed by atoms with Gasteiger partial charge < -0.3 is 5.32 Å². The van der Waals surface area contributed by atoms with Gasteiger partial charge in [-0.1, -0.05) is 36.0 Å². The molecule has 4 nitrogen and oxygen atoms in total. The van der Waals surface area contributed by atoms with E-state index in [1.165, 1.54) is 29.3 Å². The number of aryl methyl sites for hydroxylation is 2. The molecule has 4 rings (SSSR count). The summed E-state index contributed by atoms with van der Waals surface area (Å²) in [7, 11) is 0. The molecule has 0 unspecified atom stereocenters. The molecule has 126 valence electrons. The van der Waals surface area contributed by atoms with E-state index < -0.39 is 0 Å². The fraction of sp³-hybridized carbons (Fsp3) is 0.250. The lowest BCUT2D eigenvalue weighted by Gasteiger charge is -2.13. The van der Waals surface area contributed by atoms with Gasteiger partial charge in [0.05, 0.1) is 10.8 Å². The lowest BCUT2D eigenvalue weighted by Crippen LogP contribution is -2.22. The number of anilines is 1. The third-order valence-corrected chi connectivity index (χ3v) is 5.65. The van der Waals surface area contributed by atoms with Gasteiger partial charge >= 0.3 is 0 Å². The first-order valence-electron chi connectivity index (χ1n) is 8.50. The summed E-state index contributed by atoms with van der Waals surface area (Å²) >= 11 is 1.46. The maximum Gasteiger partial charge on any atom is 0.237 e. The van der Waals surface area contributed by atoms with Crippen molar-refractivity contribution in [2.45, 2.75) is 36.5 Å².